The molecule has 0 bridgehead atoms. The number of carbonyl (C=O) groups excluding carboxylic acids is 2. The van der Waals surface area contributed by atoms with Gasteiger partial charge in [-0.15, -0.1) is 0 Å². The predicted molar refractivity (Wildman–Crippen MR) is 112 cm³/mol. The highest BCUT2D eigenvalue weighted by Gasteiger charge is 2.16. The number of urea groups is 1. The molecular formula is C23H35N3O2. The van der Waals surface area contributed by atoms with Gasteiger partial charge in [0.05, 0.1) is 6.04 Å². The largest absolute Gasteiger partial charge is 0.350 e. The molecule has 0 aliphatic heterocycles. The van der Waals surface area contributed by atoms with Crippen molar-refractivity contribution >= 4 is 11.9 Å². The van der Waals surface area contributed by atoms with E-state index < -0.39 is 0 Å². The van der Waals surface area contributed by atoms with Crippen LogP contribution in [0.4, 0.5) is 4.79 Å². The van der Waals surface area contributed by atoms with Crippen molar-refractivity contribution in [2.45, 2.75) is 89.6 Å². The molecular weight excluding hydrogens is 350 g/mol. The molecule has 0 saturated heterocycles. The first kappa shape index (κ1) is 20.7. The molecule has 154 valence electrons. The molecule has 2 aliphatic rings. The lowest BCUT2D eigenvalue weighted by Gasteiger charge is -2.22. The van der Waals surface area contributed by atoms with Crippen LogP contribution in [0.1, 0.15) is 87.4 Å². The van der Waals surface area contributed by atoms with E-state index in [0.29, 0.717) is 25.4 Å². The Balaban J connectivity index is 1.33. The van der Waals surface area contributed by atoms with Gasteiger partial charge < -0.3 is 16.0 Å². The number of hydrogen-bond donors (Lipinski definition) is 3. The summed E-state index contributed by atoms with van der Waals surface area (Å²) in [7, 11) is 0. The maximum atomic E-state index is 12.2. The van der Waals surface area contributed by atoms with Gasteiger partial charge in [0.2, 0.25) is 5.91 Å². The molecule has 1 atom stereocenters. The van der Waals surface area contributed by atoms with E-state index in [0.717, 1.165) is 19.3 Å². The van der Waals surface area contributed by atoms with Crippen LogP contribution in [0.25, 0.3) is 0 Å². The number of benzene rings is 1. The molecule has 0 spiro atoms. The number of fused-ring (bicyclic) bond motifs is 1. The summed E-state index contributed by atoms with van der Waals surface area (Å²) < 4.78 is 0. The summed E-state index contributed by atoms with van der Waals surface area (Å²) >= 11 is 0. The first-order chi connectivity index (χ1) is 13.6. The van der Waals surface area contributed by atoms with Gasteiger partial charge in [0.1, 0.15) is 0 Å². The summed E-state index contributed by atoms with van der Waals surface area (Å²) in [5.41, 5.74) is 4.09. The summed E-state index contributed by atoms with van der Waals surface area (Å²) in [5, 5.41) is 9.00. The molecule has 28 heavy (non-hydrogen) atoms. The Morgan fingerprint density at radius 3 is 2.57 bits per heavy atom. The Morgan fingerprint density at radius 2 is 1.79 bits per heavy atom. The van der Waals surface area contributed by atoms with Crippen LogP contribution < -0.4 is 16.0 Å². The van der Waals surface area contributed by atoms with E-state index in [4.69, 9.17) is 0 Å². The monoisotopic (exact) mass is 385 g/mol. The Hall–Kier alpha value is -2.04. The van der Waals surface area contributed by atoms with Gasteiger partial charge in [-0.3, -0.25) is 4.79 Å². The molecule has 1 unspecified atom stereocenters. The van der Waals surface area contributed by atoms with E-state index in [1.54, 1.807) is 0 Å². The number of amides is 3. The Kier molecular flexibility index (Phi) is 7.75. The maximum Gasteiger partial charge on any atom is 0.315 e. The van der Waals surface area contributed by atoms with Crippen molar-refractivity contribution in [3.05, 3.63) is 34.9 Å². The third kappa shape index (κ3) is 6.25. The van der Waals surface area contributed by atoms with Gasteiger partial charge in [0.15, 0.2) is 0 Å². The first-order valence-corrected chi connectivity index (χ1v) is 11.1. The number of aryl methyl sites for hydroxylation is 2. The quantitative estimate of drug-likeness (QED) is 0.617. The molecule has 1 aromatic rings. The Labute approximate surface area is 169 Å². The zero-order chi connectivity index (χ0) is 19.8. The molecule has 2 aliphatic carbocycles. The zero-order valence-corrected chi connectivity index (χ0v) is 17.2. The van der Waals surface area contributed by atoms with Gasteiger partial charge in [-0.25, -0.2) is 4.79 Å². The van der Waals surface area contributed by atoms with Gasteiger partial charge in [-0.1, -0.05) is 37.5 Å². The van der Waals surface area contributed by atoms with Crippen molar-refractivity contribution in [2.24, 2.45) is 0 Å². The van der Waals surface area contributed by atoms with Gasteiger partial charge >= 0.3 is 6.03 Å². The molecule has 1 fully saturated rings. The molecule has 3 rings (SSSR count). The van der Waals surface area contributed by atoms with Crippen molar-refractivity contribution in [1.29, 1.82) is 0 Å². The number of nitrogens with one attached hydrogen (secondary N) is 3. The van der Waals surface area contributed by atoms with E-state index in [1.165, 1.54) is 55.2 Å². The average Bonchev–Trinajstić information content (AvgIpc) is 2.71. The Morgan fingerprint density at radius 1 is 1.04 bits per heavy atom. The lowest BCUT2D eigenvalue weighted by Crippen LogP contribution is -2.43. The lowest BCUT2D eigenvalue weighted by molar-refractivity contribution is -0.121. The third-order valence-electron chi connectivity index (χ3n) is 6.06. The lowest BCUT2D eigenvalue weighted by atomic mass is 9.89. The summed E-state index contributed by atoms with van der Waals surface area (Å²) in [6, 6.07) is 6.86. The van der Waals surface area contributed by atoms with Gasteiger partial charge in [0.25, 0.3) is 0 Å². The maximum absolute atomic E-state index is 12.2. The smallest absolute Gasteiger partial charge is 0.315 e. The van der Waals surface area contributed by atoms with E-state index in [1.807, 2.05) is 6.92 Å². The van der Waals surface area contributed by atoms with Crippen LogP contribution in [0, 0.1) is 0 Å². The van der Waals surface area contributed by atoms with E-state index >= 15 is 0 Å². The minimum Gasteiger partial charge on any atom is -0.350 e. The van der Waals surface area contributed by atoms with Gasteiger partial charge in [-0.2, -0.15) is 0 Å². The highest BCUT2D eigenvalue weighted by molar-refractivity contribution is 5.77. The van der Waals surface area contributed by atoms with E-state index in [-0.39, 0.29) is 18.0 Å². The normalized spacial score (nSPS) is 18.0. The molecule has 5 nitrogen and oxygen atoms in total. The van der Waals surface area contributed by atoms with Crippen molar-refractivity contribution in [1.82, 2.24) is 16.0 Å². The summed E-state index contributed by atoms with van der Waals surface area (Å²) in [4.78, 5) is 24.2. The van der Waals surface area contributed by atoms with Crippen LogP contribution in [-0.2, 0) is 17.6 Å². The van der Waals surface area contributed by atoms with Crippen LogP contribution in [0.5, 0.6) is 0 Å². The minimum absolute atomic E-state index is 0.0160. The van der Waals surface area contributed by atoms with Gasteiger partial charge in [-0.05, 0) is 68.6 Å². The predicted octanol–water partition coefficient (Wildman–Crippen LogP) is 4.15. The van der Waals surface area contributed by atoms with Crippen molar-refractivity contribution in [3.63, 3.8) is 0 Å². The van der Waals surface area contributed by atoms with Crippen LogP contribution in [0.15, 0.2) is 18.2 Å². The molecule has 1 saturated carbocycles. The van der Waals surface area contributed by atoms with Crippen molar-refractivity contribution in [3.8, 4) is 0 Å². The van der Waals surface area contributed by atoms with E-state index in [9.17, 15) is 9.59 Å². The summed E-state index contributed by atoms with van der Waals surface area (Å²) in [6.45, 7) is 2.57. The van der Waals surface area contributed by atoms with Crippen LogP contribution in [0.3, 0.4) is 0 Å². The molecule has 0 aromatic heterocycles. The summed E-state index contributed by atoms with van der Waals surface area (Å²) in [5.74, 6) is 0.0414. The fourth-order valence-corrected chi connectivity index (χ4v) is 4.35. The first-order valence-electron chi connectivity index (χ1n) is 11.1. The molecule has 1 aromatic carbocycles. The third-order valence-corrected chi connectivity index (χ3v) is 6.06. The second-order valence-corrected chi connectivity index (χ2v) is 8.36. The summed E-state index contributed by atoms with van der Waals surface area (Å²) in [6.07, 6.45) is 11.8. The number of hydrogen-bond acceptors (Lipinski definition) is 2. The average molecular weight is 386 g/mol. The molecule has 0 heterocycles. The molecule has 3 amide bonds. The fraction of sp³-hybridized carbons (Fsp3) is 0.652. The second-order valence-electron chi connectivity index (χ2n) is 8.36. The highest BCUT2D eigenvalue weighted by Crippen LogP contribution is 2.24. The fourth-order valence-electron chi connectivity index (χ4n) is 4.35. The van der Waals surface area contributed by atoms with E-state index in [2.05, 4.69) is 34.1 Å². The van der Waals surface area contributed by atoms with Crippen molar-refractivity contribution < 1.29 is 9.59 Å². The van der Waals surface area contributed by atoms with Crippen LogP contribution in [-0.4, -0.2) is 24.5 Å². The van der Waals surface area contributed by atoms with Crippen LogP contribution >= 0.6 is 0 Å². The highest BCUT2D eigenvalue weighted by atomic mass is 16.2. The Bertz CT molecular complexity index is 668. The molecule has 3 N–H and O–H groups in total. The topological polar surface area (TPSA) is 70.2 Å². The molecule has 5 heteroatoms. The number of carbonyl (C=O) groups is 2. The van der Waals surface area contributed by atoms with Gasteiger partial charge in [0, 0.05) is 19.0 Å². The SMILES string of the molecule is CC(NC(=O)CCCNC(=O)NC1CCCCC1)c1ccc2c(c1)CCCC2. The zero-order valence-electron chi connectivity index (χ0n) is 17.2. The van der Waals surface area contributed by atoms with Crippen molar-refractivity contribution in [2.75, 3.05) is 6.54 Å². The second kappa shape index (κ2) is 10.5. The standard InChI is InChI=1S/C23H35N3O2/c1-17(19-14-13-18-8-5-6-9-20(18)16-19)25-22(27)12-7-15-24-23(28)26-21-10-3-2-4-11-21/h13-14,16-17,21H,2-12,15H2,1H3,(H,25,27)(H2,24,26,28). The van der Waals surface area contributed by atoms with Crippen LogP contribution in [0.2, 0.25) is 0 Å². The molecule has 0 radical (unpaired) electrons. The minimum atomic E-state index is -0.102. The number of rotatable bonds is 7.